The van der Waals surface area contributed by atoms with Crippen LogP contribution in [0.25, 0.3) is 0 Å². The summed E-state index contributed by atoms with van der Waals surface area (Å²) in [5.74, 6) is -0.227. The molecule has 1 aliphatic heterocycles. The van der Waals surface area contributed by atoms with Gasteiger partial charge in [-0.2, -0.15) is 0 Å². The van der Waals surface area contributed by atoms with Gasteiger partial charge in [0.2, 0.25) is 5.91 Å². The van der Waals surface area contributed by atoms with E-state index in [1.807, 2.05) is 32.0 Å². The number of amides is 2. The number of rotatable bonds is 6. The summed E-state index contributed by atoms with van der Waals surface area (Å²) in [5.41, 5.74) is 13.0. The van der Waals surface area contributed by atoms with Gasteiger partial charge in [0.05, 0.1) is 5.69 Å². The fourth-order valence-corrected chi connectivity index (χ4v) is 2.75. The van der Waals surface area contributed by atoms with Crippen LogP contribution in [-0.2, 0) is 9.59 Å². The highest BCUT2D eigenvalue weighted by atomic mass is 16.5. The first kappa shape index (κ1) is 17.3. The summed E-state index contributed by atoms with van der Waals surface area (Å²) in [6.07, 6.45) is 1.20. The Morgan fingerprint density at radius 2 is 2.09 bits per heavy atom. The van der Waals surface area contributed by atoms with E-state index < -0.39 is 12.0 Å². The van der Waals surface area contributed by atoms with Gasteiger partial charge < -0.3 is 16.2 Å². The topological polar surface area (TPSA) is 98.6 Å². The van der Waals surface area contributed by atoms with Crippen molar-refractivity contribution in [3.8, 4) is 5.75 Å². The molecule has 0 bridgehead atoms. The van der Waals surface area contributed by atoms with Gasteiger partial charge >= 0.3 is 0 Å². The van der Waals surface area contributed by atoms with E-state index in [0.717, 1.165) is 18.4 Å². The maximum atomic E-state index is 12.6. The quantitative estimate of drug-likeness (QED) is 0.834. The number of hydrogen-bond donors (Lipinski definition) is 2. The van der Waals surface area contributed by atoms with Crippen molar-refractivity contribution in [2.24, 2.45) is 17.4 Å². The first-order chi connectivity index (χ1) is 10.8. The van der Waals surface area contributed by atoms with Gasteiger partial charge in [-0.25, -0.2) is 0 Å². The zero-order valence-electron chi connectivity index (χ0n) is 13.9. The molecule has 23 heavy (non-hydrogen) atoms. The van der Waals surface area contributed by atoms with Gasteiger partial charge in [0, 0.05) is 6.04 Å². The Balaban J connectivity index is 2.43. The fraction of sp³-hybridized carbons (Fsp3) is 0.529. The van der Waals surface area contributed by atoms with Gasteiger partial charge in [-0.3, -0.25) is 14.5 Å². The molecular weight excluding hydrogens is 294 g/mol. The molecule has 0 aliphatic carbocycles. The molecule has 1 heterocycles. The number of primary amides is 1. The first-order valence-electron chi connectivity index (χ1n) is 8.01. The van der Waals surface area contributed by atoms with Crippen LogP contribution in [0.1, 0.15) is 45.2 Å². The fourth-order valence-electron chi connectivity index (χ4n) is 2.75. The van der Waals surface area contributed by atoms with Crippen LogP contribution in [0.4, 0.5) is 5.69 Å². The predicted octanol–water partition coefficient (Wildman–Crippen LogP) is 1.72. The molecule has 2 amide bonds. The van der Waals surface area contributed by atoms with Crippen LogP contribution in [0.5, 0.6) is 5.75 Å². The summed E-state index contributed by atoms with van der Waals surface area (Å²) < 4.78 is 5.83. The Bertz CT molecular complexity index is 601. The maximum Gasteiger partial charge on any atom is 0.268 e. The van der Waals surface area contributed by atoms with Crippen molar-refractivity contribution in [1.82, 2.24) is 0 Å². The lowest BCUT2D eigenvalue weighted by Crippen LogP contribution is -2.51. The molecule has 0 saturated carbocycles. The number of benzene rings is 1. The molecule has 6 nitrogen and oxygen atoms in total. The van der Waals surface area contributed by atoms with Crippen molar-refractivity contribution in [2.75, 3.05) is 11.4 Å². The summed E-state index contributed by atoms with van der Waals surface area (Å²) >= 11 is 0. The molecule has 0 radical (unpaired) electrons. The minimum absolute atomic E-state index is 0.00643. The molecule has 1 aromatic rings. The second kappa shape index (κ2) is 7.00. The van der Waals surface area contributed by atoms with Gasteiger partial charge in [0.1, 0.15) is 12.3 Å². The number of nitrogens with two attached hydrogens (primary N) is 2. The van der Waals surface area contributed by atoms with Gasteiger partial charge in [-0.1, -0.05) is 33.3 Å². The smallest absolute Gasteiger partial charge is 0.268 e. The molecule has 4 N–H and O–H groups in total. The Morgan fingerprint density at radius 1 is 1.39 bits per heavy atom. The first-order valence-corrected chi connectivity index (χ1v) is 8.01. The molecule has 0 spiro atoms. The van der Waals surface area contributed by atoms with E-state index in [-0.39, 0.29) is 24.4 Å². The minimum atomic E-state index is -0.614. The molecule has 1 aromatic carbocycles. The second-order valence-electron chi connectivity index (χ2n) is 6.30. The van der Waals surface area contributed by atoms with Crippen LogP contribution in [0.3, 0.4) is 0 Å². The Hall–Kier alpha value is -2.08. The number of nitrogens with zero attached hydrogens (tertiary/aromatic N) is 1. The molecule has 6 heteroatoms. The van der Waals surface area contributed by atoms with E-state index in [0.29, 0.717) is 11.4 Å². The normalized spacial score (nSPS) is 18.6. The van der Waals surface area contributed by atoms with E-state index in [2.05, 4.69) is 6.92 Å². The maximum absolute atomic E-state index is 12.6. The molecule has 126 valence electrons. The highest BCUT2D eigenvalue weighted by Crippen LogP contribution is 2.37. The van der Waals surface area contributed by atoms with E-state index in [1.165, 1.54) is 4.90 Å². The molecule has 0 fully saturated rings. The number of carbonyl (C=O) groups excluding carboxylic acids is 2. The van der Waals surface area contributed by atoms with Gasteiger partial charge in [0.15, 0.2) is 6.10 Å². The lowest BCUT2D eigenvalue weighted by molar-refractivity contribution is -0.129. The third kappa shape index (κ3) is 3.64. The van der Waals surface area contributed by atoms with Crippen LogP contribution >= 0.6 is 0 Å². The summed E-state index contributed by atoms with van der Waals surface area (Å²) in [6.45, 7) is 5.71. The molecule has 0 saturated heterocycles. The molecule has 2 atom stereocenters. The van der Waals surface area contributed by atoms with Crippen LogP contribution in [-0.4, -0.2) is 24.5 Å². The highest BCUT2D eigenvalue weighted by molar-refractivity contribution is 6.03. The van der Waals surface area contributed by atoms with Gasteiger partial charge in [0.25, 0.3) is 5.91 Å². The Kier molecular flexibility index (Phi) is 5.26. The lowest BCUT2D eigenvalue weighted by Gasteiger charge is -2.35. The van der Waals surface area contributed by atoms with Crippen molar-refractivity contribution in [2.45, 2.75) is 45.8 Å². The molecule has 2 unspecified atom stereocenters. The third-order valence-electron chi connectivity index (χ3n) is 3.98. The van der Waals surface area contributed by atoms with Crippen molar-refractivity contribution in [3.05, 3.63) is 23.8 Å². The summed E-state index contributed by atoms with van der Waals surface area (Å²) in [6, 6.07) is 5.44. The number of anilines is 1. The summed E-state index contributed by atoms with van der Waals surface area (Å²) in [5, 5.41) is 0. The summed E-state index contributed by atoms with van der Waals surface area (Å²) in [7, 11) is 0. The highest BCUT2D eigenvalue weighted by Gasteiger charge is 2.37. The van der Waals surface area contributed by atoms with Crippen molar-refractivity contribution >= 4 is 17.5 Å². The number of carbonyl (C=O) groups is 2. The van der Waals surface area contributed by atoms with Gasteiger partial charge in [-0.05, 0) is 30.0 Å². The SMILES string of the molecule is CCCC(N)c1ccc2c(c1)N(CC(N)=O)C(=O)C(C(C)C)O2. The van der Waals surface area contributed by atoms with Crippen LogP contribution < -0.4 is 21.1 Å². The van der Waals surface area contributed by atoms with Crippen molar-refractivity contribution in [3.63, 3.8) is 0 Å². The number of fused-ring (bicyclic) bond motifs is 1. The second-order valence-corrected chi connectivity index (χ2v) is 6.30. The van der Waals surface area contributed by atoms with E-state index in [9.17, 15) is 9.59 Å². The number of hydrogen-bond acceptors (Lipinski definition) is 4. The lowest BCUT2D eigenvalue weighted by atomic mass is 9.99. The van der Waals surface area contributed by atoms with E-state index >= 15 is 0 Å². The molecular formula is C17H25N3O3. The Labute approximate surface area is 136 Å². The van der Waals surface area contributed by atoms with Crippen LogP contribution in [0, 0.1) is 5.92 Å². The standard InChI is InChI=1S/C17H25N3O3/c1-4-5-12(18)11-6-7-14-13(8-11)20(9-15(19)21)17(22)16(23-14)10(2)3/h6-8,10,12,16H,4-5,9,18H2,1-3H3,(H2,19,21). The van der Waals surface area contributed by atoms with E-state index in [4.69, 9.17) is 16.2 Å². The summed E-state index contributed by atoms with van der Waals surface area (Å²) in [4.78, 5) is 25.4. The zero-order chi connectivity index (χ0) is 17.1. The zero-order valence-corrected chi connectivity index (χ0v) is 13.9. The minimum Gasteiger partial charge on any atom is -0.478 e. The van der Waals surface area contributed by atoms with Crippen LogP contribution in [0.2, 0.25) is 0 Å². The van der Waals surface area contributed by atoms with Crippen molar-refractivity contribution < 1.29 is 14.3 Å². The predicted molar refractivity (Wildman–Crippen MR) is 89.1 cm³/mol. The van der Waals surface area contributed by atoms with Gasteiger partial charge in [-0.15, -0.1) is 0 Å². The van der Waals surface area contributed by atoms with Crippen LogP contribution in [0.15, 0.2) is 18.2 Å². The molecule has 2 rings (SSSR count). The van der Waals surface area contributed by atoms with E-state index in [1.54, 1.807) is 0 Å². The average Bonchev–Trinajstić information content (AvgIpc) is 2.49. The van der Waals surface area contributed by atoms with Crippen molar-refractivity contribution in [1.29, 1.82) is 0 Å². The average molecular weight is 319 g/mol. The number of ether oxygens (including phenoxy) is 1. The largest absolute Gasteiger partial charge is 0.478 e. The molecule has 0 aromatic heterocycles. The molecule has 1 aliphatic rings. The Morgan fingerprint density at radius 3 is 2.65 bits per heavy atom. The third-order valence-corrected chi connectivity index (χ3v) is 3.98. The monoisotopic (exact) mass is 319 g/mol.